The van der Waals surface area contributed by atoms with E-state index in [-0.39, 0.29) is 30.1 Å². The van der Waals surface area contributed by atoms with Gasteiger partial charge in [0.05, 0.1) is 12.5 Å². The highest BCUT2D eigenvalue weighted by atomic mass is 19.1. The van der Waals surface area contributed by atoms with Crippen LogP contribution in [0.15, 0.2) is 24.3 Å². The maximum atomic E-state index is 12.8. The minimum Gasteiger partial charge on any atom is -0.368 e. The molecule has 1 aromatic carbocycles. The molecule has 0 bridgehead atoms. The maximum Gasteiger partial charge on any atom is 0.234 e. The Morgan fingerprint density at radius 2 is 1.76 bits per heavy atom. The Balaban J connectivity index is 1.85. The van der Waals surface area contributed by atoms with Gasteiger partial charge in [0, 0.05) is 26.2 Å². The van der Waals surface area contributed by atoms with Crippen molar-refractivity contribution in [2.75, 3.05) is 26.2 Å². The fourth-order valence-corrected chi connectivity index (χ4v) is 2.43. The molecule has 2 N–H and O–H groups in total. The van der Waals surface area contributed by atoms with E-state index in [1.54, 1.807) is 24.0 Å². The summed E-state index contributed by atoms with van der Waals surface area (Å²) in [7, 11) is 0. The summed E-state index contributed by atoms with van der Waals surface area (Å²) >= 11 is 0. The van der Waals surface area contributed by atoms with Gasteiger partial charge in [0.15, 0.2) is 0 Å². The Bertz CT molecular complexity index is 510. The lowest BCUT2D eigenvalue weighted by Gasteiger charge is -2.37. The van der Waals surface area contributed by atoms with Crippen LogP contribution in [0.4, 0.5) is 4.39 Å². The van der Waals surface area contributed by atoms with Gasteiger partial charge in [-0.25, -0.2) is 4.39 Å². The molecule has 2 rings (SSSR count). The number of amides is 2. The molecule has 5 nitrogen and oxygen atoms in total. The van der Waals surface area contributed by atoms with Gasteiger partial charge in [-0.2, -0.15) is 0 Å². The van der Waals surface area contributed by atoms with E-state index in [2.05, 4.69) is 0 Å². The minimum absolute atomic E-state index is 0.0213. The molecular formula is C15H20FN3O2. The van der Waals surface area contributed by atoms with E-state index in [0.717, 1.165) is 5.56 Å². The highest BCUT2D eigenvalue weighted by Crippen LogP contribution is 2.10. The third-order valence-corrected chi connectivity index (χ3v) is 3.90. The number of benzene rings is 1. The van der Waals surface area contributed by atoms with Gasteiger partial charge in [-0.3, -0.25) is 14.5 Å². The average Bonchev–Trinajstić information content (AvgIpc) is 2.49. The van der Waals surface area contributed by atoms with Crippen LogP contribution in [0.2, 0.25) is 0 Å². The van der Waals surface area contributed by atoms with Crippen LogP contribution >= 0.6 is 0 Å². The first-order chi connectivity index (χ1) is 9.97. The summed E-state index contributed by atoms with van der Waals surface area (Å²) < 4.78 is 12.8. The number of carbonyl (C=O) groups is 2. The topological polar surface area (TPSA) is 66.6 Å². The second kappa shape index (κ2) is 6.67. The molecule has 1 unspecified atom stereocenters. The molecule has 0 aromatic heterocycles. The standard InChI is InChI=1S/C15H20FN3O2/c1-11(15(17)21)18-6-8-19(9-7-18)14(20)10-12-2-4-13(16)5-3-12/h2-5,11H,6-10H2,1H3,(H2,17,21). The zero-order chi connectivity index (χ0) is 15.4. The van der Waals surface area contributed by atoms with Crippen LogP contribution in [0.25, 0.3) is 0 Å². The molecule has 21 heavy (non-hydrogen) atoms. The van der Waals surface area contributed by atoms with Crippen LogP contribution in [0, 0.1) is 5.82 Å². The fraction of sp³-hybridized carbons (Fsp3) is 0.467. The van der Waals surface area contributed by atoms with Crippen LogP contribution in [-0.4, -0.2) is 53.8 Å². The van der Waals surface area contributed by atoms with Gasteiger partial charge < -0.3 is 10.6 Å². The number of rotatable bonds is 4. The number of primary amides is 1. The molecule has 2 amide bonds. The summed E-state index contributed by atoms with van der Waals surface area (Å²) in [6.45, 7) is 4.21. The van der Waals surface area contributed by atoms with Gasteiger partial charge in [-0.1, -0.05) is 12.1 Å². The van der Waals surface area contributed by atoms with Gasteiger partial charge in [-0.15, -0.1) is 0 Å². The van der Waals surface area contributed by atoms with Gasteiger partial charge in [0.1, 0.15) is 5.82 Å². The molecule has 0 saturated carbocycles. The van der Waals surface area contributed by atoms with Crippen LogP contribution in [0.5, 0.6) is 0 Å². The van der Waals surface area contributed by atoms with Gasteiger partial charge in [-0.05, 0) is 24.6 Å². The van der Waals surface area contributed by atoms with E-state index in [4.69, 9.17) is 5.73 Å². The Kier molecular flexibility index (Phi) is 4.90. The van der Waals surface area contributed by atoms with Crippen LogP contribution in [-0.2, 0) is 16.0 Å². The average molecular weight is 293 g/mol. The molecule has 114 valence electrons. The lowest BCUT2D eigenvalue weighted by Crippen LogP contribution is -2.54. The summed E-state index contributed by atoms with van der Waals surface area (Å²) in [6.07, 6.45) is 0.269. The number of hydrogen-bond acceptors (Lipinski definition) is 3. The van der Waals surface area contributed by atoms with Crippen molar-refractivity contribution in [3.8, 4) is 0 Å². The van der Waals surface area contributed by atoms with Crippen molar-refractivity contribution in [1.82, 2.24) is 9.80 Å². The smallest absolute Gasteiger partial charge is 0.234 e. The molecule has 1 saturated heterocycles. The van der Waals surface area contributed by atoms with Crippen molar-refractivity contribution in [1.29, 1.82) is 0 Å². The highest BCUT2D eigenvalue weighted by Gasteiger charge is 2.26. The Labute approximate surface area is 123 Å². The van der Waals surface area contributed by atoms with Crippen molar-refractivity contribution in [3.63, 3.8) is 0 Å². The van der Waals surface area contributed by atoms with Gasteiger partial charge in [0.2, 0.25) is 11.8 Å². The Morgan fingerprint density at radius 3 is 2.29 bits per heavy atom. The quantitative estimate of drug-likeness (QED) is 0.873. The van der Waals surface area contributed by atoms with E-state index < -0.39 is 0 Å². The molecule has 0 radical (unpaired) electrons. The normalized spacial score (nSPS) is 17.5. The summed E-state index contributed by atoms with van der Waals surface area (Å²) in [5.74, 6) is -0.630. The van der Waals surface area contributed by atoms with Gasteiger partial charge in [0.25, 0.3) is 0 Å². The predicted octanol–water partition coefficient (Wildman–Crippen LogP) is 0.386. The maximum absolute atomic E-state index is 12.8. The summed E-state index contributed by atoms with van der Waals surface area (Å²) in [5, 5.41) is 0. The molecule has 0 spiro atoms. The van der Waals surface area contributed by atoms with Crippen molar-refractivity contribution >= 4 is 11.8 Å². The highest BCUT2D eigenvalue weighted by molar-refractivity contribution is 5.80. The number of halogens is 1. The van der Waals surface area contributed by atoms with E-state index in [0.29, 0.717) is 26.2 Å². The first kappa shape index (κ1) is 15.4. The summed E-state index contributed by atoms with van der Waals surface area (Å²) in [5.41, 5.74) is 6.08. The van der Waals surface area contributed by atoms with E-state index in [1.165, 1.54) is 12.1 Å². The summed E-state index contributed by atoms with van der Waals surface area (Å²) in [4.78, 5) is 27.1. The molecule has 0 aliphatic carbocycles. The van der Waals surface area contributed by atoms with Crippen molar-refractivity contribution in [2.24, 2.45) is 5.73 Å². The molecule has 6 heteroatoms. The fourth-order valence-electron chi connectivity index (χ4n) is 2.43. The van der Waals surface area contributed by atoms with Crippen LogP contribution in [0.1, 0.15) is 12.5 Å². The zero-order valence-electron chi connectivity index (χ0n) is 12.1. The first-order valence-electron chi connectivity index (χ1n) is 7.03. The van der Waals surface area contributed by atoms with Crippen molar-refractivity contribution in [3.05, 3.63) is 35.6 Å². The second-order valence-corrected chi connectivity index (χ2v) is 5.30. The lowest BCUT2D eigenvalue weighted by atomic mass is 10.1. The molecule has 1 aromatic rings. The molecule has 1 atom stereocenters. The van der Waals surface area contributed by atoms with E-state index in [1.807, 2.05) is 4.90 Å². The van der Waals surface area contributed by atoms with Gasteiger partial charge >= 0.3 is 0 Å². The lowest BCUT2D eigenvalue weighted by molar-refractivity contribution is -0.133. The third-order valence-electron chi connectivity index (χ3n) is 3.90. The third kappa shape index (κ3) is 4.01. The van der Waals surface area contributed by atoms with E-state index in [9.17, 15) is 14.0 Å². The van der Waals surface area contributed by atoms with Crippen molar-refractivity contribution < 1.29 is 14.0 Å². The minimum atomic E-state index is -0.346. The zero-order valence-corrected chi connectivity index (χ0v) is 12.1. The number of carbonyl (C=O) groups excluding carboxylic acids is 2. The van der Waals surface area contributed by atoms with E-state index >= 15 is 0 Å². The van der Waals surface area contributed by atoms with Crippen LogP contribution < -0.4 is 5.73 Å². The molecule has 1 aliphatic heterocycles. The number of piperazine rings is 1. The first-order valence-corrected chi connectivity index (χ1v) is 7.03. The SMILES string of the molecule is CC(C(N)=O)N1CCN(C(=O)Cc2ccc(F)cc2)CC1. The Morgan fingerprint density at radius 1 is 1.19 bits per heavy atom. The summed E-state index contributed by atoms with van der Waals surface area (Å²) in [6, 6.07) is 5.65. The van der Waals surface area contributed by atoms with Crippen LogP contribution in [0.3, 0.4) is 0 Å². The number of nitrogens with two attached hydrogens (primary N) is 1. The molecule has 1 heterocycles. The molecule has 1 fully saturated rings. The number of hydrogen-bond donors (Lipinski definition) is 1. The molecular weight excluding hydrogens is 273 g/mol. The largest absolute Gasteiger partial charge is 0.368 e. The number of nitrogens with zero attached hydrogens (tertiary/aromatic N) is 2. The van der Waals surface area contributed by atoms with Crippen molar-refractivity contribution in [2.45, 2.75) is 19.4 Å². The Hall–Kier alpha value is -1.95. The molecule has 1 aliphatic rings. The monoisotopic (exact) mass is 293 g/mol. The predicted molar refractivity (Wildman–Crippen MR) is 76.9 cm³/mol. The second-order valence-electron chi connectivity index (χ2n) is 5.30.